The Morgan fingerprint density at radius 2 is 1.69 bits per heavy atom. The van der Waals surface area contributed by atoms with Crippen molar-refractivity contribution in [3.8, 4) is 17.2 Å². The van der Waals surface area contributed by atoms with E-state index in [1.165, 1.54) is 32.4 Å². The summed E-state index contributed by atoms with van der Waals surface area (Å²) in [5.41, 5.74) is 1.31. The Morgan fingerprint density at radius 1 is 0.974 bits per heavy atom. The SMILES string of the molecule is COCOc1cc(OC)cc2c1C(=O)O[C@@H](C)[C@H](OCc1ccc(OC)cc1)/C=C\C(=O)[C@@H](O)[C@@H](O)C/C=C/2. The number of cyclic esters (lactones) is 1. The van der Waals surface area contributed by atoms with Crippen LogP contribution in [0.15, 0.2) is 54.6 Å². The van der Waals surface area contributed by atoms with E-state index in [-0.39, 0.29) is 31.1 Å². The Balaban J connectivity index is 1.98. The van der Waals surface area contributed by atoms with Crippen LogP contribution in [0.5, 0.6) is 17.2 Å². The molecule has 1 heterocycles. The Bertz CT molecular complexity index is 1170. The molecule has 2 N–H and O–H groups in total. The molecule has 0 amide bonds. The monoisotopic (exact) mass is 542 g/mol. The molecule has 0 saturated heterocycles. The molecule has 3 rings (SSSR count). The van der Waals surface area contributed by atoms with E-state index < -0.39 is 36.2 Å². The molecule has 2 aromatic carbocycles. The first-order chi connectivity index (χ1) is 18.8. The third-order valence-corrected chi connectivity index (χ3v) is 6.02. The number of fused-ring (bicyclic) bond motifs is 1. The average molecular weight is 543 g/mol. The van der Waals surface area contributed by atoms with Gasteiger partial charge in [-0.15, -0.1) is 0 Å². The third kappa shape index (κ3) is 8.14. The first-order valence-electron chi connectivity index (χ1n) is 12.3. The molecule has 1 aliphatic heterocycles. The lowest BCUT2D eigenvalue weighted by molar-refractivity contribution is -0.127. The van der Waals surface area contributed by atoms with Crippen molar-refractivity contribution in [2.75, 3.05) is 28.1 Å². The van der Waals surface area contributed by atoms with Gasteiger partial charge in [-0.1, -0.05) is 24.3 Å². The molecule has 10 heteroatoms. The number of benzene rings is 2. The smallest absolute Gasteiger partial charge is 0.342 e. The van der Waals surface area contributed by atoms with Gasteiger partial charge in [0.2, 0.25) is 0 Å². The van der Waals surface area contributed by atoms with Gasteiger partial charge in [-0.2, -0.15) is 0 Å². The highest BCUT2D eigenvalue weighted by molar-refractivity contribution is 5.97. The Labute approximate surface area is 227 Å². The number of aliphatic hydroxyl groups excluding tert-OH is 2. The standard InChI is InChI=1S/C29H34O10/c1-18-25(37-16-19-8-10-21(35-3)11-9-19)13-12-24(31)28(32)23(30)7-5-6-20-14-22(36-4)15-26(38-17-34-2)27(20)29(33)39-18/h5-6,8-15,18,23,25,28,30,32H,7,16-17H2,1-4H3/b6-5+,13-12-/t18-,23-,25+,28-/m0/s1. The van der Waals surface area contributed by atoms with E-state index in [9.17, 15) is 19.8 Å². The van der Waals surface area contributed by atoms with Gasteiger partial charge < -0.3 is 38.6 Å². The maximum absolute atomic E-state index is 13.5. The molecule has 0 bridgehead atoms. The van der Waals surface area contributed by atoms with Crippen molar-refractivity contribution in [3.63, 3.8) is 0 Å². The third-order valence-electron chi connectivity index (χ3n) is 6.02. The number of esters is 1. The van der Waals surface area contributed by atoms with E-state index in [1.54, 1.807) is 38.3 Å². The van der Waals surface area contributed by atoms with Gasteiger partial charge in [0.1, 0.15) is 41.1 Å². The number of hydrogen-bond donors (Lipinski definition) is 2. The normalized spacial score (nSPS) is 23.6. The summed E-state index contributed by atoms with van der Waals surface area (Å²) in [6, 6.07) is 10.4. The lowest BCUT2D eigenvalue weighted by atomic mass is 10.0. The topological polar surface area (TPSA) is 130 Å². The minimum Gasteiger partial charge on any atom is -0.497 e. The van der Waals surface area contributed by atoms with Crippen LogP contribution >= 0.6 is 0 Å². The quantitative estimate of drug-likeness (QED) is 0.379. The molecule has 0 aliphatic carbocycles. The molecule has 0 aromatic heterocycles. The van der Waals surface area contributed by atoms with Crippen LogP contribution in [0.4, 0.5) is 0 Å². The van der Waals surface area contributed by atoms with E-state index in [4.69, 9.17) is 28.4 Å². The molecular weight excluding hydrogens is 508 g/mol. The molecule has 0 saturated carbocycles. The van der Waals surface area contributed by atoms with Crippen molar-refractivity contribution in [2.24, 2.45) is 0 Å². The number of ketones is 1. The molecule has 39 heavy (non-hydrogen) atoms. The van der Waals surface area contributed by atoms with Gasteiger partial charge in [0.15, 0.2) is 12.6 Å². The predicted molar refractivity (Wildman–Crippen MR) is 142 cm³/mol. The maximum Gasteiger partial charge on any atom is 0.342 e. The molecule has 2 aromatic rings. The summed E-state index contributed by atoms with van der Waals surface area (Å²) in [7, 11) is 4.49. The molecule has 1 aliphatic rings. The zero-order valence-corrected chi connectivity index (χ0v) is 22.4. The molecular formula is C29H34O10. The van der Waals surface area contributed by atoms with Crippen molar-refractivity contribution in [2.45, 2.75) is 44.4 Å². The zero-order chi connectivity index (χ0) is 28.4. The van der Waals surface area contributed by atoms with Crippen LogP contribution in [0, 0.1) is 0 Å². The number of hydrogen-bond acceptors (Lipinski definition) is 10. The number of aliphatic hydroxyl groups is 2. The van der Waals surface area contributed by atoms with Crippen molar-refractivity contribution >= 4 is 17.8 Å². The largest absolute Gasteiger partial charge is 0.497 e. The van der Waals surface area contributed by atoms with E-state index in [0.29, 0.717) is 17.1 Å². The van der Waals surface area contributed by atoms with E-state index in [1.807, 2.05) is 12.1 Å². The van der Waals surface area contributed by atoms with E-state index in [0.717, 1.165) is 11.6 Å². The minimum absolute atomic E-state index is 0.0610. The Hall–Kier alpha value is -3.70. The summed E-state index contributed by atoms with van der Waals surface area (Å²) in [4.78, 5) is 26.0. The molecule has 210 valence electrons. The average Bonchev–Trinajstić information content (AvgIpc) is 2.94. The van der Waals surface area contributed by atoms with Crippen molar-refractivity contribution in [1.82, 2.24) is 0 Å². The lowest BCUT2D eigenvalue weighted by Gasteiger charge is -2.24. The highest BCUT2D eigenvalue weighted by Gasteiger charge is 2.27. The molecule has 10 nitrogen and oxygen atoms in total. The van der Waals surface area contributed by atoms with E-state index in [2.05, 4.69) is 0 Å². The van der Waals surface area contributed by atoms with Gasteiger partial charge in [-0.05, 0) is 54.8 Å². The first kappa shape index (κ1) is 29.9. The van der Waals surface area contributed by atoms with Crippen LogP contribution in [0.3, 0.4) is 0 Å². The van der Waals surface area contributed by atoms with Gasteiger partial charge in [-0.3, -0.25) is 4.79 Å². The van der Waals surface area contributed by atoms with Crippen molar-refractivity contribution in [1.29, 1.82) is 0 Å². The minimum atomic E-state index is -1.65. The number of carbonyl (C=O) groups excluding carboxylic acids is 2. The van der Waals surface area contributed by atoms with Crippen LogP contribution in [-0.2, 0) is 25.6 Å². The summed E-state index contributed by atoms with van der Waals surface area (Å²) in [6.07, 6.45) is 0.801. The summed E-state index contributed by atoms with van der Waals surface area (Å²) in [5.74, 6) is -0.144. The molecule has 0 radical (unpaired) electrons. The van der Waals surface area contributed by atoms with Crippen molar-refractivity contribution in [3.05, 3.63) is 71.3 Å². The van der Waals surface area contributed by atoms with Gasteiger partial charge in [-0.25, -0.2) is 4.79 Å². The molecule has 0 unspecified atom stereocenters. The fourth-order valence-electron chi connectivity index (χ4n) is 3.81. The molecule has 4 atom stereocenters. The fraction of sp³-hybridized carbons (Fsp3) is 0.379. The summed E-state index contributed by atoms with van der Waals surface area (Å²) >= 11 is 0. The number of rotatable bonds is 8. The van der Waals surface area contributed by atoms with E-state index >= 15 is 0 Å². The van der Waals surface area contributed by atoms with Gasteiger partial charge in [0.05, 0.1) is 26.9 Å². The van der Waals surface area contributed by atoms with Crippen LogP contribution < -0.4 is 14.2 Å². The second-order valence-corrected chi connectivity index (χ2v) is 8.79. The molecule has 0 spiro atoms. The summed E-state index contributed by atoms with van der Waals surface area (Å²) < 4.78 is 33.0. The van der Waals surface area contributed by atoms with Crippen molar-refractivity contribution < 1.29 is 48.2 Å². The second-order valence-electron chi connectivity index (χ2n) is 8.79. The molecule has 0 fully saturated rings. The Morgan fingerprint density at radius 3 is 2.36 bits per heavy atom. The zero-order valence-electron chi connectivity index (χ0n) is 22.4. The van der Waals surface area contributed by atoms with Gasteiger partial charge >= 0.3 is 5.97 Å². The number of methoxy groups -OCH3 is 3. The number of ether oxygens (including phenoxy) is 6. The highest BCUT2D eigenvalue weighted by Crippen LogP contribution is 2.32. The fourth-order valence-corrected chi connectivity index (χ4v) is 3.81. The van der Waals surface area contributed by atoms with Crippen LogP contribution in [0.2, 0.25) is 0 Å². The first-order valence-corrected chi connectivity index (χ1v) is 12.3. The second kappa shape index (κ2) is 14.5. The Kier molecular flexibility index (Phi) is 11.1. The lowest BCUT2D eigenvalue weighted by Crippen LogP contribution is -2.34. The van der Waals surface area contributed by atoms with Crippen LogP contribution in [-0.4, -0.2) is 74.5 Å². The summed E-state index contributed by atoms with van der Waals surface area (Å²) in [6.45, 7) is 1.63. The maximum atomic E-state index is 13.5. The highest BCUT2D eigenvalue weighted by atomic mass is 16.7. The van der Waals surface area contributed by atoms with Gasteiger partial charge in [0.25, 0.3) is 0 Å². The van der Waals surface area contributed by atoms with Crippen LogP contribution in [0.1, 0.15) is 34.8 Å². The van der Waals surface area contributed by atoms with Gasteiger partial charge in [0, 0.05) is 13.2 Å². The summed E-state index contributed by atoms with van der Waals surface area (Å²) in [5, 5.41) is 20.7. The van der Waals surface area contributed by atoms with Crippen LogP contribution in [0.25, 0.3) is 6.08 Å². The predicted octanol–water partition coefficient (Wildman–Crippen LogP) is 3.08. The number of carbonyl (C=O) groups is 2.